The van der Waals surface area contributed by atoms with Gasteiger partial charge in [-0.1, -0.05) is 26.8 Å². The average molecular weight is 206 g/mol. The van der Waals surface area contributed by atoms with Crippen LogP contribution in [0.4, 0.5) is 0 Å². The van der Waals surface area contributed by atoms with E-state index in [1.165, 1.54) is 0 Å². The van der Waals surface area contributed by atoms with Gasteiger partial charge in [-0.15, -0.1) is 0 Å². The summed E-state index contributed by atoms with van der Waals surface area (Å²) in [6.45, 7) is 6.37. The third-order valence-corrected chi connectivity index (χ3v) is 2.36. The molecule has 3 N–H and O–H groups in total. The first-order valence-corrected chi connectivity index (χ1v) is 4.89. The van der Waals surface area contributed by atoms with Crippen molar-refractivity contribution in [2.24, 2.45) is 5.73 Å². The normalized spacial score (nSPS) is 11.2. The van der Waals surface area contributed by atoms with Gasteiger partial charge in [0.15, 0.2) is 0 Å². The zero-order chi connectivity index (χ0) is 11.6. The Morgan fingerprint density at radius 3 is 2.33 bits per heavy atom. The van der Waals surface area contributed by atoms with Gasteiger partial charge in [-0.25, -0.2) is 0 Å². The number of hydrogen-bond acceptors (Lipinski definition) is 2. The average Bonchev–Trinajstić information content (AvgIpc) is 2.15. The minimum Gasteiger partial charge on any atom is -0.496 e. The van der Waals surface area contributed by atoms with E-state index in [1.807, 2.05) is 18.2 Å². The molecule has 3 heteroatoms. The Labute approximate surface area is 90.8 Å². The highest BCUT2D eigenvalue weighted by Gasteiger charge is 2.16. The maximum atomic E-state index is 7.48. The molecular formula is C12H18N2O. The van der Waals surface area contributed by atoms with Crippen LogP contribution in [0, 0.1) is 5.41 Å². The monoisotopic (exact) mass is 206 g/mol. The fourth-order valence-corrected chi connectivity index (χ4v) is 1.38. The lowest BCUT2D eigenvalue weighted by Crippen LogP contribution is -2.16. The Kier molecular flexibility index (Phi) is 3.03. The fraction of sp³-hybridized carbons (Fsp3) is 0.417. The SMILES string of the molecule is COc1ccc(C(C)(C)C)cc1C(=N)N. The molecule has 0 radical (unpaired) electrons. The molecule has 0 saturated heterocycles. The number of rotatable bonds is 2. The van der Waals surface area contributed by atoms with Gasteiger partial charge in [0.2, 0.25) is 0 Å². The van der Waals surface area contributed by atoms with Crippen LogP contribution in [0.5, 0.6) is 5.75 Å². The predicted octanol–water partition coefficient (Wildman–Crippen LogP) is 2.28. The van der Waals surface area contributed by atoms with E-state index in [0.717, 1.165) is 5.56 Å². The standard InChI is InChI=1S/C12H18N2O/c1-12(2,3)8-5-6-10(15-4)9(7-8)11(13)14/h5-7H,1-4H3,(H3,13,14). The Morgan fingerprint density at radius 2 is 1.93 bits per heavy atom. The summed E-state index contributed by atoms with van der Waals surface area (Å²) in [6.07, 6.45) is 0. The van der Waals surface area contributed by atoms with Crippen LogP contribution in [-0.4, -0.2) is 12.9 Å². The molecule has 0 aliphatic rings. The molecule has 1 rings (SSSR count). The molecule has 3 nitrogen and oxygen atoms in total. The van der Waals surface area contributed by atoms with Gasteiger partial charge in [0.05, 0.1) is 12.7 Å². The number of methoxy groups -OCH3 is 1. The Hall–Kier alpha value is -1.51. The highest BCUT2D eigenvalue weighted by atomic mass is 16.5. The molecule has 0 amide bonds. The van der Waals surface area contributed by atoms with E-state index < -0.39 is 0 Å². The summed E-state index contributed by atoms with van der Waals surface area (Å²) >= 11 is 0. The second-order valence-electron chi connectivity index (χ2n) is 4.58. The number of benzene rings is 1. The Bertz CT molecular complexity index is 378. The second-order valence-corrected chi connectivity index (χ2v) is 4.58. The van der Waals surface area contributed by atoms with Gasteiger partial charge in [0.1, 0.15) is 11.6 Å². The van der Waals surface area contributed by atoms with Gasteiger partial charge in [-0.2, -0.15) is 0 Å². The molecule has 0 aromatic heterocycles. The molecule has 0 heterocycles. The second kappa shape index (κ2) is 3.93. The minimum atomic E-state index is 0.0398. The van der Waals surface area contributed by atoms with Crippen LogP contribution >= 0.6 is 0 Å². The van der Waals surface area contributed by atoms with Crippen LogP contribution in [-0.2, 0) is 5.41 Å². The number of hydrogen-bond donors (Lipinski definition) is 2. The van der Waals surface area contributed by atoms with E-state index in [0.29, 0.717) is 11.3 Å². The molecule has 0 spiro atoms. The summed E-state index contributed by atoms with van der Waals surface area (Å²) in [6, 6.07) is 5.78. The first kappa shape index (κ1) is 11.6. The highest BCUT2D eigenvalue weighted by Crippen LogP contribution is 2.27. The predicted molar refractivity (Wildman–Crippen MR) is 62.7 cm³/mol. The lowest BCUT2D eigenvalue weighted by Gasteiger charge is -2.20. The van der Waals surface area contributed by atoms with Crippen molar-refractivity contribution in [3.8, 4) is 5.75 Å². The molecule has 0 saturated carbocycles. The molecule has 0 bridgehead atoms. The van der Waals surface area contributed by atoms with E-state index in [1.54, 1.807) is 7.11 Å². The van der Waals surface area contributed by atoms with Crippen LogP contribution in [0.25, 0.3) is 0 Å². The molecular weight excluding hydrogens is 188 g/mol. The largest absolute Gasteiger partial charge is 0.496 e. The van der Waals surface area contributed by atoms with Crippen molar-refractivity contribution >= 4 is 5.84 Å². The van der Waals surface area contributed by atoms with E-state index in [2.05, 4.69) is 20.8 Å². The number of nitrogens with one attached hydrogen (secondary N) is 1. The summed E-state index contributed by atoms with van der Waals surface area (Å²) in [5.41, 5.74) is 7.36. The van der Waals surface area contributed by atoms with Crippen molar-refractivity contribution in [1.29, 1.82) is 5.41 Å². The van der Waals surface area contributed by atoms with Gasteiger partial charge in [-0.05, 0) is 23.1 Å². The molecule has 0 aliphatic carbocycles. The van der Waals surface area contributed by atoms with Gasteiger partial charge >= 0.3 is 0 Å². The molecule has 1 aromatic carbocycles. The van der Waals surface area contributed by atoms with E-state index in [4.69, 9.17) is 15.9 Å². The highest BCUT2D eigenvalue weighted by molar-refractivity contribution is 5.97. The van der Waals surface area contributed by atoms with Crippen molar-refractivity contribution in [2.75, 3.05) is 7.11 Å². The van der Waals surface area contributed by atoms with Gasteiger partial charge in [0.25, 0.3) is 0 Å². The zero-order valence-corrected chi connectivity index (χ0v) is 9.72. The molecule has 15 heavy (non-hydrogen) atoms. The van der Waals surface area contributed by atoms with E-state index >= 15 is 0 Å². The van der Waals surface area contributed by atoms with E-state index in [-0.39, 0.29) is 11.3 Å². The Morgan fingerprint density at radius 1 is 1.33 bits per heavy atom. The van der Waals surface area contributed by atoms with E-state index in [9.17, 15) is 0 Å². The van der Waals surface area contributed by atoms with Gasteiger partial charge < -0.3 is 10.5 Å². The summed E-state index contributed by atoms with van der Waals surface area (Å²) in [5, 5.41) is 7.48. The maximum absolute atomic E-state index is 7.48. The van der Waals surface area contributed by atoms with Crippen LogP contribution < -0.4 is 10.5 Å². The third-order valence-electron chi connectivity index (χ3n) is 2.36. The fourth-order valence-electron chi connectivity index (χ4n) is 1.38. The summed E-state index contributed by atoms with van der Waals surface area (Å²) in [4.78, 5) is 0. The number of amidine groups is 1. The number of nitrogens with two attached hydrogens (primary N) is 1. The van der Waals surface area contributed by atoms with Crippen molar-refractivity contribution < 1.29 is 4.74 Å². The van der Waals surface area contributed by atoms with Crippen LogP contribution in [0.2, 0.25) is 0 Å². The molecule has 0 aliphatic heterocycles. The summed E-state index contributed by atoms with van der Waals surface area (Å²) in [5.74, 6) is 0.688. The lowest BCUT2D eigenvalue weighted by molar-refractivity contribution is 0.413. The molecule has 0 fully saturated rings. The minimum absolute atomic E-state index is 0.0398. The molecule has 0 atom stereocenters. The van der Waals surface area contributed by atoms with Crippen molar-refractivity contribution in [3.63, 3.8) is 0 Å². The van der Waals surface area contributed by atoms with Crippen molar-refractivity contribution in [3.05, 3.63) is 29.3 Å². The first-order valence-electron chi connectivity index (χ1n) is 4.89. The van der Waals surface area contributed by atoms with Gasteiger partial charge in [-0.3, -0.25) is 5.41 Å². The molecule has 1 aromatic rings. The van der Waals surface area contributed by atoms with Crippen molar-refractivity contribution in [2.45, 2.75) is 26.2 Å². The van der Waals surface area contributed by atoms with Crippen molar-refractivity contribution in [1.82, 2.24) is 0 Å². The zero-order valence-electron chi connectivity index (χ0n) is 9.72. The van der Waals surface area contributed by atoms with Gasteiger partial charge in [0, 0.05) is 0 Å². The topological polar surface area (TPSA) is 59.1 Å². The summed E-state index contributed by atoms with van der Waals surface area (Å²) in [7, 11) is 1.58. The molecule has 82 valence electrons. The quantitative estimate of drug-likeness (QED) is 0.576. The first-order chi connectivity index (χ1) is 6.86. The Balaban J connectivity index is 3.28. The van der Waals surface area contributed by atoms with Crippen LogP contribution in [0.1, 0.15) is 31.9 Å². The third kappa shape index (κ3) is 2.49. The number of ether oxygens (including phenoxy) is 1. The van der Waals surface area contributed by atoms with Crippen LogP contribution in [0.15, 0.2) is 18.2 Å². The maximum Gasteiger partial charge on any atom is 0.129 e. The summed E-state index contributed by atoms with van der Waals surface area (Å²) < 4.78 is 5.15. The lowest BCUT2D eigenvalue weighted by atomic mass is 9.86. The van der Waals surface area contributed by atoms with Crippen LogP contribution in [0.3, 0.4) is 0 Å². The molecule has 0 unspecified atom stereocenters. The smallest absolute Gasteiger partial charge is 0.129 e. The number of nitrogen functional groups attached to an aromatic ring is 1.